The number of carbonyl (C=O) groups is 1. The minimum absolute atomic E-state index is 0.225. The monoisotopic (exact) mass is 442 g/mol. The summed E-state index contributed by atoms with van der Waals surface area (Å²) in [6, 6.07) is 11.0. The smallest absolute Gasteiger partial charge is 0.443 e. The highest BCUT2D eigenvalue weighted by Crippen LogP contribution is 2.34. The molecular formula is C20H18ClF3N2O2S. The van der Waals surface area contributed by atoms with E-state index in [0.29, 0.717) is 28.3 Å². The topological polar surface area (TPSA) is 51.2 Å². The van der Waals surface area contributed by atoms with E-state index < -0.39 is 17.1 Å². The van der Waals surface area contributed by atoms with Crippen LogP contribution in [-0.2, 0) is 6.18 Å². The Labute approximate surface area is 175 Å². The lowest BCUT2D eigenvalue weighted by Gasteiger charge is -2.08. The van der Waals surface area contributed by atoms with Crippen molar-refractivity contribution in [1.29, 1.82) is 0 Å². The first-order chi connectivity index (χ1) is 13.8. The second-order valence-electron chi connectivity index (χ2n) is 5.41. The third kappa shape index (κ3) is 5.71. The molecule has 0 radical (unpaired) electrons. The van der Waals surface area contributed by atoms with Crippen LogP contribution in [-0.4, -0.2) is 18.0 Å². The maximum atomic E-state index is 12.6. The van der Waals surface area contributed by atoms with Gasteiger partial charge >= 0.3 is 6.18 Å². The zero-order valence-electron chi connectivity index (χ0n) is 15.8. The number of anilines is 1. The number of nitrogens with one attached hydrogen (secondary N) is 1. The highest BCUT2D eigenvalue weighted by Gasteiger charge is 2.34. The quantitative estimate of drug-likeness (QED) is 0.485. The zero-order valence-corrected chi connectivity index (χ0v) is 17.4. The maximum absolute atomic E-state index is 12.6. The van der Waals surface area contributed by atoms with Gasteiger partial charge in [-0.2, -0.15) is 13.2 Å². The Bertz CT molecular complexity index is 973. The van der Waals surface area contributed by atoms with Gasteiger partial charge in [0.1, 0.15) is 5.75 Å². The van der Waals surface area contributed by atoms with E-state index in [1.807, 2.05) is 13.8 Å². The Kier molecular flexibility index (Phi) is 7.64. The number of methoxy groups -OCH3 is 1. The van der Waals surface area contributed by atoms with Crippen molar-refractivity contribution in [2.24, 2.45) is 0 Å². The second kappa shape index (κ2) is 9.76. The van der Waals surface area contributed by atoms with Crippen molar-refractivity contribution in [2.45, 2.75) is 20.0 Å². The Morgan fingerprint density at radius 3 is 2.31 bits per heavy atom. The number of halogens is 4. The molecule has 0 aliphatic carbocycles. The lowest BCUT2D eigenvalue weighted by molar-refractivity contribution is -0.137. The molecule has 3 rings (SSSR count). The van der Waals surface area contributed by atoms with Crippen molar-refractivity contribution in [1.82, 2.24) is 4.98 Å². The van der Waals surface area contributed by atoms with Gasteiger partial charge in [0.2, 0.25) is 0 Å². The van der Waals surface area contributed by atoms with Crippen LogP contribution in [0, 0.1) is 0 Å². The SMILES string of the molecule is CC.COc1ccc(C(=O)Nc2ccc(-c3csc(C(F)(F)F)n3)cc2)c(Cl)c1. The third-order valence-electron chi connectivity index (χ3n) is 3.61. The van der Waals surface area contributed by atoms with E-state index in [1.165, 1.54) is 18.6 Å². The number of hydrogen-bond acceptors (Lipinski definition) is 4. The minimum atomic E-state index is -4.46. The van der Waals surface area contributed by atoms with Gasteiger partial charge < -0.3 is 10.1 Å². The van der Waals surface area contributed by atoms with E-state index >= 15 is 0 Å². The lowest BCUT2D eigenvalue weighted by atomic mass is 10.1. The number of thiazole rings is 1. The van der Waals surface area contributed by atoms with E-state index in [-0.39, 0.29) is 16.3 Å². The fraction of sp³-hybridized carbons (Fsp3) is 0.200. The van der Waals surface area contributed by atoms with Gasteiger partial charge in [-0.3, -0.25) is 4.79 Å². The minimum Gasteiger partial charge on any atom is -0.497 e. The first-order valence-corrected chi connectivity index (χ1v) is 9.82. The first-order valence-electron chi connectivity index (χ1n) is 8.56. The van der Waals surface area contributed by atoms with Gasteiger partial charge in [-0.25, -0.2) is 4.98 Å². The fourth-order valence-electron chi connectivity index (χ4n) is 2.27. The van der Waals surface area contributed by atoms with Crippen molar-refractivity contribution >= 4 is 34.5 Å². The number of alkyl halides is 3. The molecule has 0 bridgehead atoms. The number of ether oxygens (including phenoxy) is 1. The Morgan fingerprint density at radius 1 is 1.14 bits per heavy atom. The van der Waals surface area contributed by atoms with Crippen LogP contribution in [0.15, 0.2) is 47.8 Å². The van der Waals surface area contributed by atoms with Crippen molar-refractivity contribution in [3.63, 3.8) is 0 Å². The summed E-state index contributed by atoms with van der Waals surface area (Å²) in [5.41, 5.74) is 1.49. The average Bonchev–Trinajstić information content (AvgIpc) is 3.20. The molecule has 3 aromatic rings. The van der Waals surface area contributed by atoms with Crippen LogP contribution in [0.4, 0.5) is 18.9 Å². The molecule has 4 nitrogen and oxygen atoms in total. The third-order valence-corrected chi connectivity index (χ3v) is 4.81. The van der Waals surface area contributed by atoms with Gasteiger partial charge in [0.15, 0.2) is 5.01 Å². The van der Waals surface area contributed by atoms with Crippen LogP contribution in [0.1, 0.15) is 29.2 Å². The summed E-state index contributed by atoms with van der Waals surface area (Å²) in [6.07, 6.45) is -4.46. The largest absolute Gasteiger partial charge is 0.497 e. The molecule has 0 saturated carbocycles. The summed E-state index contributed by atoms with van der Waals surface area (Å²) in [5, 5.41) is 3.37. The van der Waals surface area contributed by atoms with Crippen molar-refractivity contribution in [2.75, 3.05) is 12.4 Å². The highest BCUT2D eigenvalue weighted by molar-refractivity contribution is 7.10. The Balaban J connectivity index is 0.00000145. The molecule has 0 atom stereocenters. The molecule has 2 aromatic carbocycles. The van der Waals surface area contributed by atoms with E-state index in [0.717, 1.165) is 0 Å². The van der Waals surface area contributed by atoms with E-state index in [2.05, 4.69) is 10.3 Å². The second-order valence-corrected chi connectivity index (χ2v) is 6.68. The van der Waals surface area contributed by atoms with Crippen molar-refractivity contribution < 1.29 is 22.7 Å². The predicted octanol–water partition coefficient (Wildman–Crippen LogP) is 6.77. The molecule has 9 heteroatoms. The zero-order chi connectivity index (χ0) is 21.6. The number of amides is 1. The molecular weight excluding hydrogens is 425 g/mol. The number of aromatic nitrogens is 1. The van der Waals surface area contributed by atoms with Crippen LogP contribution in [0.25, 0.3) is 11.3 Å². The molecule has 29 heavy (non-hydrogen) atoms. The first kappa shape index (κ1) is 22.7. The number of hydrogen-bond donors (Lipinski definition) is 1. The summed E-state index contributed by atoms with van der Waals surface area (Å²) in [7, 11) is 1.49. The average molecular weight is 443 g/mol. The molecule has 0 fully saturated rings. The summed E-state index contributed by atoms with van der Waals surface area (Å²) in [6.45, 7) is 4.00. The number of nitrogens with zero attached hydrogens (tertiary/aromatic N) is 1. The van der Waals surface area contributed by atoms with Crippen LogP contribution >= 0.6 is 22.9 Å². The van der Waals surface area contributed by atoms with Gasteiger partial charge in [0, 0.05) is 16.6 Å². The lowest BCUT2D eigenvalue weighted by Crippen LogP contribution is -2.12. The summed E-state index contributed by atoms with van der Waals surface area (Å²) < 4.78 is 43.0. The van der Waals surface area contributed by atoms with Crippen LogP contribution in [0.2, 0.25) is 5.02 Å². The molecule has 1 N–H and O–H groups in total. The standard InChI is InChI=1S/C18H12ClF3N2O2S.C2H6/c1-26-12-6-7-13(14(19)8-12)16(25)23-11-4-2-10(3-5-11)15-9-27-17(24-15)18(20,21)22;1-2/h2-9H,1H3,(H,23,25);1-2H3. The molecule has 1 amide bonds. The number of carbonyl (C=O) groups excluding carboxylic acids is 1. The predicted molar refractivity (Wildman–Crippen MR) is 110 cm³/mol. The van der Waals surface area contributed by atoms with Gasteiger partial charge in [0.05, 0.1) is 23.4 Å². The molecule has 0 unspecified atom stereocenters. The Hall–Kier alpha value is -2.58. The normalized spacial score (nSPS) is 10.7. The summed E-state index contributed by atoms with van der Waals surface area (Å²) >= 11 is 6.61. The van der Waals surface area contributed by atoms with E-state index in [9.17, 15) is 18.0 Å². The molecule has 0 saturated heterocycles. The molecule has 0 aliphatic rings. The highest BCUT2D eigenvalue weighted by atomic mass is 35.5. The van der Waals surface area contributed by atoms with E-state index in [1.54, 1.807) is 36.4 Å². The van der Waals surface area contributed by atoms with Crippen LogP contribution < -0.4 is 10.1 Å². The van der Waals surface area contributed by atoms with Gasteiger partial charge in [0.25, 0.3) is 5.91 Å². The van der Waals surface area contributed by atoms with Gasteiger partial charge in [-0.1, -0.05) is 37.6 Å². The molecule has 0 spiro atoms. The Morgan fingerprint density at radius 2 is 1.79 bits per heavy atom. The molecule has 1 aromatic heterocycles. The molecule has 0 aliphatic heterocycles. The maximum Gasteiger partial charge on any atom is 0.443 e. The molecule has 1 heterocycles. The van der Waals surface area contributed by atoms with Gasteiger partial charge in [-0.05, 0) is 30.3 Å². The van der Waals surface area contributed by atoms with Crippen molar-refractivity contribution in [3.8, 4) is 17.0 Å². The van der Waals surface area contributed by atoms with Crippen LogP contribution in [0.5, 0.6) is 5.75 Å². The number of rotatable bonds is 4. The fourth-order valence-corrected chi connectivity index (χ4v) is 3.22. The summed E-state index contributed by atoms with van der Waals surface area (Å²) in [4.78, 5) is 15.9. The summed E-state index contributed by atoms with van der Waals surface area (Å²) in [5.74, 6) is 0.116. The van der Waals surface area contributed by atoms with Gasteiger partial charge in [-0.15, -0.1) is 11.3 Å². The number of benzene rings is 2. The van der Waals surface area contributed by atoms with E-state index in [4.69, 9.17) is 16.3 Å². The molecule has 154 valence electrons. The van der Waals surface area contributed by atoms with Crippen LogP contribution in [0.3, 0.4) is 0 Å². The van der Waals surface area contributed by atoms with Crippen molar-refractivity contribution in [3.05, 3.63) is 63.4 Å².